The molecule has 12 heavy (non-hydrogen) atoms. The normalized spacial score (nSPS) is 11.8. The number of halogens is 1. The van der Waals surface area contributed by atoms with E-state index in [4.69, 9.17) is 5.26 Å². The second kappa shape index (κ2) is 4.08. The van der Waals surface area contributed by atoms with Crippen molar-refractivity contribution in [3.8, 4) is 6.07 Å². The molecule has 1 rings (SSSR count). The lowest BCUT2D eigenvalue weighted by molar-refractivity contribution is 1.45. The Labute approximate surface area is 80.5 Å². The molecule has 1 aromatic rings. The zero-order chi connectivity index (χ0) is 8.97. The molecule has 0 radical (unpaired) electrons. The van der Waals surface area contributed by atoms with Gasteiger partial charge in [-0.3, -0.25) is 0 Å². The molecule has 0 fully saturated rings. The minimum Gasteiger partial charge on any atom is -0.193 e. The highest BCUT2D eigenvalue weighted by atomic mass is 79.9. The lowest BCUT2D eigenvalue weighted by atomic mass is 10.1. The van der Waals surface area contributed by atoms with Crippen LogP contribution in [0.2, 0.25) is 0 Å². The first-order valence-electron chi connectivity index (χ1n) is 3.57. The number of hydrogen-bond donors (Lipinski definition) is 0. The number of hydrogen-bond acceptors (Lipinski definition) is 1. The summed E-state index contributed by atoms with van der Waals surface area (Å²) in [4.78, 5) is 0. The molecular weight excluding hydrogens is 214 g/mol. The fourth-order valence-corrected chi connectivity index (χ4v) is 1.20. The van der Waals surface area contributed by atoms with Crippen molar-refractivity contribution in [2.24, 2.45) is 0 Å². The van der Waals surface area contributed by atoms with Crippen LogP contribution < -0.4 is 0 Å². The molecule has 0 bridgehead atoms. The van der Waals surface area contributed by atoms with E-state index in [9.17, 15) is 0 Å². The van der Waals surface area contributed by atoms with Crippen molar-refractivity contribution in [2.75, 3.05) is 0 Å². The second-order valence-electron chi connectivity index (χ2n) is 2.42. The van der Waals surface area contributed by atoms with Gasteiger partial charge in [0.25, 0.3) is 0 Å². The van der Waals surface area contributed by atoms with Gasteiger partial charge in [-0.25, -0.2) is 0 Å². The second-order valence-corrected chi connectivity index (χ2v) is 3.21. The van der Waals surface area contributed by atoms with Crippen molar-refractivity contribution in [3.05, 3.63) is 41.5 Å². The van der Waals surface area contributed by atoms with Gasteiger partial charge in [0.05, 0.1) is 6.07 Å². The van der Waals surface area contributed by atoms with Crippen molar-refractivity contribution in [1.82, 2.24) is 0 Å². The Morgan fingerprint density at radius 1 is 1.33 bits per heavy atom. The molecule has 0 aliphatic heterocycles. The van der Waals surface area contributed by atoms with Crippen molar-refractivity contribution >= 4 is 20.4 Å². The first-order valence-corrected chi connectivity index (χ1v) is 4.37. The van der Waals surface area contributed by atoms with E-state index in [1.807, 2.05) is 30.3 Å². The van der Waals surface area contributed by atoms with Crippen LogP contribution in [0.5, 0.6) is 0 Å². The molecule has 0 aromatic heterocycles. The SMILES string of the molecule is C/C(C#N)=C(\Br)c1ccccc1. The van der Waals surface area contributed by atoms with Crippen LogP contribution in [-0.2, 0) is 0 Å². The van der Waals surface area contributed by atoms with Crippen LogP contribution in [0.1, 0.15) is 12.5 Å². The summed E-state index contributed by atoms with van der Waals surface area (Å²) in [5.74, 6) is 0. The number of rotatable bonds is 1. The van der Waals surface area contributed by atoms with Crippen molar-refractivity contribution < 1.29 is 0 Å². The Bertz CT molecular complexity index is 333. The summed E-state index contributed by atoms with van der Waals surface area (Å²) >= 11 is 3.37. The molecule has 0 atom stereocenters. The molecule has 0 N–H and O–H groups in total. The van der Waals surface area contributed by atoms with Gasteiger partial charge in [0.15, 0.2) is 0 Å². The summed E-state index contributed by atoms with van der Waals surface area (Å²) in [5.41, 5.74) is 1.73. The van der Waals surface area contributed by atoms with Crippen LogP contribution in [0, 0.1) is 11.3 Å². The molecule has 2 heteroatoms. The van der Waals surface area contributed by atoms with E-state index in [2.05, 4.69) is 22.0 Å². The van der Waals surface area contributed by atoms with E-state index in [0.29, 0.717) is 5.57 Å². The van der Waals surface area contributed by atoms with E-state index in [-0.39, 0.29) is 0 Å². The predicted octanol–water partition coefficient (Wildman–Crippen LogP) is 3.34. The zero-order valence-corrected chi connectivity index (χ0v) is 8.30. The predicted molar refractivity (Wildman–Crippen MR) is 53.6 cm³/mol. The Kier molecular flexibility index (Phi) is 3.07. The number of nitrogens with zero attached hydrogens (tertiary/aromatic N) is 1. The molecular formula is C10H8BrN. The fraction of sp³-hybridized carbons (Fsp3) is 0.100. The minimum atomic E-state index is 0.696. The lowest BCUT2D eigenvalue weighted by Crippen LogP contribution is -1.78. The third-order valence-corrected chi connectivity index (χ3v) is 2.58. The van der Waals surface area contributed by atoms with Gasteiger partial charge < -0.3 is 0 Å². The molecule has 60 valence electrons. The molecule has 0 aliphatic carbocycles. The van der Waals surface area contributed by atoms with Crippen LogP contribution in [0.4, 0.5) is 0 Å². The summed E-state index contributed by atoms with van der Waals surface area (Å²) < 4.78 is 0.866. The summed E-state index contributed by atoms with van der Waals surface area (Å²) in [7, 11) is 0. The van der Waals surface area contributed by atoms with Crippen LogP contribution >= 0.6 is 15.9 Å². The standard InChI is InChI=1S/C10H8BrN/c1-8(7-12)10(11)9-5-3-2-4-6-9/h2-6H,1H3/b10-8+. The van der Waals surface area contributed by atoms with Crippen molar-refractivity contribution in [2.45, 2.75) is 6.92 Å². The van der Waals surface area contributed by atoms with E-state index in [1.54, 1.807) is 6.92 Å². The lowest BCUT2D eigenvalue weighted by Gasteiger charge is -1.98. The van der Waals surface area contributed by atoms with Gasteiger partial charge in [-0.15, -0.1) is 0 Å². The first kappa shape index (κ1) is 9.02. The quantitative estimate of drug-likeness (QED) is 0.668. The maximum atomic E-state index is 8.63. The molecule has 1 aromatic carbocycles. The van der Waals surface area contributed by atoms with Crippen molar-refractivity contribution in [3.63, 3.8) is 0 Å². The van der Waals surface area contributed by atoms with E-state index < -0.39 is 0 Å². The summed E-state index contributed by atoms with van der Waals surface area (Å²) in [6.07, 6.45) is 0. The number of nitriles is 1. The van der Waals surface area contributed by atoms with Gasteiger partial charge in [-0.1, -0.05) is 30.3 Å². The van der Waals surface area contributed by atoms with Gasteiger partial charge in [0.1, 0.15) is 0 Å². The minimum absolute atomic E-state index is 0.696. The Balaban J connectivity index is 3.11. The average molecular weight is 222 g/mol. The van der Waals surface area contributed by atoms with Gasteiger partial charge in [0, 0.05) is 10.1 Å². The molecule has 0 aliphatic rings. The van der Waals surface area contributed by atoms with Crippen molar-refractivity contribution in [1.29, 1.82) is 5.26 Å². The molecule has 0 amide bonds. The third kappa shape index (κ3) is 1.96. The van der Waals surface area contributed by atoms with Crippen LogP contribution in [0.15, 0.2) is 35.9 Å². The fourth-order valence-electron chi connectivity index (χ4n) is 0.850. The molecule has 1 nitrogen and oxygen atoms in total. The molecule has 0 saturated carbocycles. The molecule has 0 unspecified atom stereocenters. The van der Waals surface area contributed by atoms with E-state index >= 15 is 0 Å². The molecule has 0 spiro atoms. The molecule has 0 heterocycles. The zero-order valence-electron chi connectivity index (χ0n) is 6.71. The van der Waals surface area contributed by atoms with Gasteiger partial charge >= 0.3 is 0 Å². The van der Waals surface area contributed by atoms with Gasteiger partial charge in [-0.05, 0) is 28.4 Å². The highest BCUT2D eigenvalue weighted by Crippen LogP contribution is 2.23. The maximum absolute atomic E-state index is 8.63. The summed E-state index contributed by atoms with van der Waals surface area (Å²) in [6.45, 7) is 1.79. The average Bonchev–Trinajstić information content (AvgIpc) is 2.17. The highest BCUT2D eigenvalue weighted by molar-refractivity contribution is 9.15. The topological polar surface area (TPSA) is 23.8 Å². The van der Waals surface area contributed by atoms with E-state index in [1.165, 1.54) is 0 Å². The summed E-state index contributed by atoms with van der Waals surface area (Å²) in [6, 6.07) is 11.9. The number of allylic oxidation sites excluding steroid dienone is 1. The monoisotopic (exact) mass is 221 g/mol. The number of benzene rings is 1. The molecule has 0 saturated heterocycles. The van der Waals surface area contributed by atoms with Gasteiger partial charge in [-0.2, -0.15) is 5.26 Å². The van der Waals surface area contributed by atoms with E-state index in [0.717, 1.165) is 10.0 Å². The van der Waals surface area contributed by atoms with Crippen LogP contribution in [-0.4, -0.2) is 0 Å². The Morgan fingerprint density at radius 2 is 1.92 bits per heavy atom. The Hall–Kier alpha value is -1.07. The third-order valence-electron chi connectivity index (χ3n) is 1.52. The largest absolute Gasteiger partial charge is 0.193 e. The van der Waals surface area contributed by atoms with Crippen LogP contribution in [0.25, 0.3) is 4.48 Å². The van der Waals surface area contributed by atoms with Crippen LogP contribution in [0.3, 0.4) is 0 Å². The first-order chi connectivity index (χ1) is 5.75. The smallest absolute Gasteiger partial charge is 0.0956 e. The summed E-state index contributed by atoms with van der Waals surface area (Å²) in [5, 5.41) is 8.63. The van der Waals surface area contributed by atoms with Gasteiger partial charge in [0.2, 0.25) is 0 Å². The highest BCUT2D eigenvalue weighted by Gasteiger charge is 1.99. The maximum Gasteiger partial charge on any atom is 0.0956 e. The Morgan fingerprint density at radius 3 is 2.42 bits per heavy atom.